The molecule has 3 nitrogen and oxygen atoms in total. The predicted molar refractivity (Wildman–Crippen MR) is 47.6 cm³/mol. The molecule has 0 radical (unpaired) electrons. The first-order chi connectivity index (χ1) is 6.99. The molecule has 1 N–H and O–H groups in total. The van der Waals surface area contributed by atoms with Crippen molar-refractivity contribution in [2.45, 2.75) is 0 Å². The molecule has 0 aliphatic carbocycles. The number of alkyl halides is 1. The summed E-state index contributed by atoms with van der Waals surface area (Å²) in [4.78, 5) is 10.5. The van der Waals surface area contributed by atoms with Crippen LogP contribution < -0.4 is 4.74 Å². The number of benzene rings is 1. The monoisotopic (exact) mass is 284 g/mol. The average molecular weight is 285 g/mol. The van der Waals surface area contributed by atoms with Gasteiger partial charge in [0.15, 0.2) is 11.6 Å². The van der Waals surface area contributed by atoms with Crippen molar-refractivity contribution >= 4 is 21.9 Å². The molecule has 0 spiro atoms. The first-order valence-corrected chi connectivity index (χ1v) is 4.38. The molecule has 0 atom stereocenters. The van der Waals surface area contributed by atoms with E-state index in [1.54, 1.807) is 0 Å². The Morgan fingerprint density at radius 3 is 2.60 bits per heavy atom. The van der Waals surface area contributed by atoms with Gasteiger partial charge >= 0.3 is 5.97 Å². The summed E-state index contributed by atoms with van der Waals surface area (Å²) in [7, 11) is 0. The van der Waals surface area contributed by atoms with Crippen molar-refractivity contribution in [3.63, 3.8) is 0 Å². The molecule has 0 heterocycles. The zero-order valence-electron chi connectivity index (χ0n) is 7.06. The van der Waals surface area contributed by atoms with Gasteiger partial charge in [-0.2, -0.15) is 0 Å². The highest BCUT2D eigenvalue weighted by Gasteiger charge is 2.22. The lowest BCUT2D eigenvalue weighted by Gasteiger charge is -2.08. The topological polar surface area (TPSA) is 46.5 Å². The van der Waals surface area contributed by atoms with Crippen LogP contribution in [0.5, 0.6) is 5.75 Å². The summed E-state index contributed by atoms with van der Waals surface area (Å²) in [5.41, 5.74) is -0.917. The molecule has 0 saturated carbocycles. The van der Waals surface area contributed by atoms with Crippen molar-refractivity contribution in [2.75, 3.05) is 6.86 Å². The van der Waals surface area contributed by atoms with Crippen LogP contribution in [0.25, 0.3) is 0 Å². The normalized spacial score (nSPS) is 10.1. The summed E-state index contributed by atoms with van der Waals surface area (Å²) in [6.45, 7) is -1.39. The standard InChI is InChI=1S/C8H4BrF3O3/c9-5-4(11)1-3(8(13)14)6(12)7(5)15-2-10/h1H,2H2,(H,13,14). The minimum atomic E-state index is -1.66. The number of rotatable bonds is 3. The Balaban J connectivity index is 3.41. The van der Waals surface area contributed by atoms with Crippen molar-refractivity contribution in [3.8, 4) is 5.75 Å². The van der Waals surface area contributed by atoms with Gasteiger partial charge in [-0.1, -0.05) is 0 Å². The SMILES string of the molecule is O=C(O)c1cc(F)c(Br)c(OCF)c1F. The predicted octanol–water partition coefficient (Wildman–Crippen LogP) is 2.73. The molecule has 0 aliphatic heterocycles. The van der Waals surface area contributed by atoms with Gasteiger partial charge in [0, 0.05) is 0 Å². The Hall–Kier alpha value is -1.24. The highest BCUT2D eigenvalue weighted by molar-refractivity contribution is 9.10. The van der Waals surface area contributed by atoms with Crippen LogP contribution in [0.4, 0.5) is 13.2 Å². The van der Waals surface area contributed by atoms with Gasteiger partial charge in [0.05, 0.1) is 4.47 Å². The van der Waals surface area contributed by atoms with E-state index in [9.17, 15) is 18.0 Å². The summed E-state index contributed by atoms with van der Waals surface area (Å²) >= 11 is 2.62. The third-order valence-electron chi connectivity index (χ3n) is 1.55. The van der Waals surface area contributed by atoms with Crippen LogP contribution in [0, 0.1) is 11.6 Å². The van der Waals surface area contributed by atoms with Crippen LogP contribution in [-0.4, -0.2) is 17.9 Å². The van der Waals surface area contributed by atoms with E-state index in [0.29, 0.717) is 6.07 Å². The molecule has 0 aromatic heterocycles. The highest BCUT2D eigenvalue weighted by atomic mass is 79.9. The second-order valence-electron chi connectivity index (χ2n) is 2.42. The summed E-state index contributed by atoms with van der Waals surface area (Å²) in [5.74, 6) is -4.83. The Kier molecular flexibility index (Phi) is 3.57. The molecule has 0 fully saturated rings. The lowest BCUT2D eigenvalue weighted by molar-refractivity contribution is 0.0688. The van der Waals surface area contributed by atoms with Crippen LogP contribution >= 0.6 is 15.9 Å². The molecule has 15 heavy (non-hydrogen) atoms. The maximum atomic E-state index is 13.3. The quantitative estimate of drug-likeness (QED) is 0.868. The molecule has 1 aromatic rings. The van der Waals surface area contributed by atoms with Gasteiger partial charge in [0.1, 0.15) is 11.4 Å². The van der Waals surface area contributed by atoms with E-state index in [-0.39, 0.29) is 0 Å². The van der Waals surface area contributed by atoms with Crippen LogP contribution in [-0.2, 0) is 0 Å². The van der Waals surface area contributed by atoms with E-state index in [1.165, 1.54) is 0 Å². The third kappa shape index (κ3) is 2.23. The maximum absolute atomic E-state index is 13.3. The smallest absolute Gasteiger partial charge is 0.338 e. The molecule has 7 heteroatoms. The minimum absolute atomic E-state index is 0.456. The maximum Gasteiger partial charge on any atom is 0.338 e. The minimum Gasteiger partial charge on any atom is -0.478 e. The molecule has 0 unspecified atom stereocenters. The molecule has 0 saturated heterocycles. The zero-order chi connectivity index (χ0) is 11.6. The lowest BCUT2D eigenvalue weighted by Crippen LogP contribution is -2.06. The van der Waals surface area contributed by atoms with Crippen LogP contribution in [0.2, 0.25) is 0 Å². The Morgan fingerprint density at radius 2 is 2.13 bits per heavy atom. The van der Waals surface area contributed by atoms with E-state index >= 15 is 0 Å². The first-order valence-electron chi connectivity index (χ1n) is 3.58. The van der Waals surface area contributed by atoms with Crippen molar-refractivity contribution in [3.05, 3.63) is 27.7 Å². The zero-order valence-corrected chi connectivity index (χ0v) is 8.65. The summed E-state index contributed by atoms with van der Waals surface area (Å²) in [5, 5.41) is 8.50. The fourth-order valence-electron chi connectivity index (χ4n) is 0.917. The molecular formula is C8H4BrF3O3. The van der Waals surface area contributed by atoms with E-state index in [1.807, 2.05) is 0 Å². The molecule has 0 bridgehead atoms. The molecular weight excluding hydrogens is 281 g/mol. The molecule has 0 amide bonds. The fourth-order valence-corrected chi connectivity index (χ4v) is 1.32. The molecule has 0 aliphatic rings. The van der Waals surface area contributed by atoms with Crippen LogP contribution in [0.1, 0.15) is 10.4 Å². The molecule has 1 rings (SSSR count). The number of carboxylic acids is 1. The number of hydrogen-bond acceptors (Lipinski definition) is 2. The van der Waals surface area contributed by atoms with Gasteiger partial charge in [-0.05, 0) is 22.0 Å². The molecule has 1 aromatic carbocycles. The average Bonchev–Trinajstić information content (AvgIpc) is 2.18. The van der Waals surface area contributed by atoms with E-state index in [2.05, 4.69) is 20.7 Å². The van der Waals surface area contributed by atoms with Crippen LogP contribution in [0.3, 0.4) is 0 Å². The van der Waals surface area contributed by atoms with Crippen molar-refractivity contribution < 1.29 is 27.8 Å². The Bertz CT molecular complexity index is 409. The number of aromatic carboxylic acids is 1. The van der Waals surface area contributed by atoms with E-state index in [0.717, 1.165) is 0 Å². The van der Waals surface area contributed by atoms with Crippen LogP contribution in [0.15, 0.2) is 10.5 Å². The van der Waals surface area contributed by atoms with Gasteiger partial charge in [-0.15, -0.1) is 0 Å². The van der Waals surface area contributed by atoms with E-state index in [4.69, 9.17) is 5.11 Å². The van der Waals surface area contributed by atoms with Gasteiger partial charge in [0.25, 0.3) is 0 Å². The van der Waals surface area contributed by atoms with Crippen molar-refractivity contribution in [2.24, 2.45) is 0 Å². The van der Waals surface area contributed by atoms with E-state index < -0.39 is 40.3 Å². The number of hydrogen-bond donors (Lipinski definition) is 1. The largest absolute Gasteiger partial charge is 0.478 e. The summed E-state index contributed by atoms with van der Waals surface area (Å²) < 4.78 is 41.8. The second kappa shape index (κ2) is 4.52. The third-order valence-corrected chi connectivity index (χ3v) is 2.28. The first kappa shape index (κ1) is 11.8. The molecule has 82 valence electrons. The van der Waals surface area contributed by atoms with Gasteiger partial charge in [-0.25, -0.2) is 18.0 Å². The Morgan fingerprint density at radius 1 is 1.53 bits per heavy atom. The number of carboxylic acid groups (broad SMARTS) is 1. The van der Waals surface area contributed by atoms with Gasteiger partial charge < -0.3 is 9.84 Å². The van der Waals surface area contributed by atoms with Crippen molar-refractivity contribution in [1.82, 2.24) is 0 Å². The lowest BCUT2D eigenvalue weighted by atomic mass is 10.2. The summed E-state index contributed by atoms with van der Waals surface area (Å²) in [6.07, 6.45) is 0. The Labute approximate surface area is 90.6 Å². The summed E-state index contributed by atoms with van der Waals surface area (Å²) in [6, 6.07) is 0.479. The van der Waals surface area contributed by atoms with Crippen molar-refractivity contribution in [1.29, 1.82) is 0 Å². The van der Waals surface area contributed by atoms with Gasteiger partial charge in [-0.3, -0.25) is 0 Å². The second-order valence-corrected chi connectivity index (χ2v) is 3.21. The number of carbonyl (C=O) groups is 1. The highest BCUT2D eigenvalue weighted by Crippen LogP contribution is 2.33. The number of ether oxygens (including phenoxy) is 1. The van der Waals surface area contributed by atoms with Gasteiger partial charge in [0.2, 0.25) is 6.86 Å². The fraction of sp³-hybridized carbons (Fsp3) is 0.125. The number of halogens is 4.